The highest BCUT2D eigenvalue weighted by Gasteiger charge is 2.59. The van der Waals surface area contributed by atoms with Crippen molar-refractivity contribution in [3.05, 3.63) is 0 Å². The van der Waals surface area contributed by atoms with Gasteiger partial charge in [-0.25, -0.2) is 0 Å². The summed E-state index contributed by atoms with van der Waals surface area (Å²) >= 11 is 0. The Morgan fingerprint density at radius 1 is 0.920 bits per heavy atom. The van der Waals surface area contributed by atoms with Crippen LogP contribution in [-0.2, 0) is 9.53 Å². The van der Waals surface area contributed by atoms with Gasteiger partial charge in [0.15, 0.2) is 0 Å². The quantitative estimate of drug-likeness (QED) is 0.587. The summed E-state index contributed by atoms with van der Waals surface area (Å²) in [7, 11) is 1.52. The van der Waals surface area contributed by atoms with Crippen LogP contribution in [-0.4, -0.2) is 13.1 Å². The Kier molecular flexibility index (Phi) is 4.69. The fourth-order valence-corrected chi connectivity index (χ4v) is 8.27. The Morgan fingerprint density at radius 2 is 1.72 bits per heavy atom. The van der Waals surface area contributed by atoms with E-state index < -0.39 is 0 Å². The zero-order valence-electron chi connectivity index (χ0n) is 16.7. The van der Waals surface area contributed by atoms with E-state index in [9.17, 15) is 4.79 Å². The molecule has 0 bridgehead atoms. The summed E-state index contributed by atoms with van der Waals surface area (Å²) in [6.07, 6.45) is 16.3. The van der Waals surface area contributed by atoms with E-state index in [0.717, 1.165) is 36.0 Å². The van der Waals surface area contributed by atoms with Crippen molar-refractivity contribution in [2.75, 3.05) is 7.11 Å². The maximum Gasteiger partial charge on any atom is 0.305 e. The molecule has 5 unspecified atom stereocenters. The van der Waals surface area contributed by atoms with Crippen LogP contribution in [0.15, 0.2) is 0 Å². The van der Waals surface area contributed by atoms with Crippen LogP contribution in [0.5, 0.6) is 0 Å². The third-order valence-corrected chi connectivity index (χ3v) is 9.70. The lowest BCUT2D eigenvalue weighted by Gasteiger charge is -2.60. The average molecular weight is 347 g/mol. The van der Waals surface area contributed by atoms with Gasteiger partial charge in [0, 0.05) is 6.42 Å². The maximum absolute atomic E-state index is 11.6. The first-order chi connectivity index (χ1) is 12.0. The highest BCUT2D eigenvalue weighted by atomic mass is 16.5. The second-order valence-corrected chi connectivity index (χ2v) is 10.3. The average Bonchev–Trinajstić information content (AvgIpc) is 2.95. The summed E-state index contributed by atoms with van der Waals surface area (Å²) in [6.45, 7) is 5.25. The van der Waals surface area contributed by atoms with Gasteiger partial charge < -0.3 is 4.74 Å². The van der Waals surface area contributed by atoms with Crippen LogP contribution in [0.3, 0.4) is 0 Å². The van der Waals surface area contributed by atoms with Gasteiger partial charge in [0.25, 0.3) is 0 Å². The van der Waals surface area contributed by atoms with Gasteiger partial charge in [0.2, 0.25) is 0 Å². The molecule has 4 aliphatic rings. The Hall–Kier alpha value is -0.530. The van der Waals surface area contributed by atoms with Crippen molar-refractivity contribution < 1.29 is 9.53 Å². The van der Waals surface area contributed by atoms with Gasteiger partial charge in [0.05, 0.1) is 7.11 Å². The SMILES string of the molecule is COC(=O)CC[C@H]1CCC2C3CCC4CCCCC4(C)C3CC[C@@]21C. The Morgan fingerprint density at radius 3 is 2.52 bits per heavy atom. The van der Waals surface area contributed by atoms with Gasteiger partial charge in [-0.05, 0) is 98.2 Å². The molecule has 4 aliphatic carbocycles. The fraction of sp³-hybridized carbons (Fsp3) is 0.957. The summed E-state index contributed by atoms with van der Waals surface area (Å²) in [4.78, 5) is 11.6. The molecule has 0 saturated heterocycles. The molecule has 2 nitrogen and oxygen atoms in total. The van der Waals surface area contributed by atoms with E-state index in [2.05, 4.69) is 13.8 Å². The van der Waals surface area contributed by atoms with Gasteiger partial charge in [0.1, 0.15) is 0 Å². The molecule has 0 spiro atoms. The molecule has 0 aromatic heterocycles. The first-order valence-electron chi connectivity index (χ1n) is 11.1. The summed E-state index contributed by atoms with van der Waals surface area (Å²) in [5.41, 5.74) is 1.14. The standard InChI is InChI=1S/C23H38O2/c1-22-14-5-4-6-16(22)7-10-18-19-11-8-17(9-12-21(24)25-3)23(19,2)15-13-20(18)22/h16-20H,4-15H2,1-3H3/t16?,17-,18?,19?,20?,22?,23-/m1/s1. The molecule has 7 atom stereocenters. The van der Waals surface area contributed by atoms with Crippen LogP contribution in [0, 0.1) is 40.4 Å². The first-order valence-corrected chi connectivity index (χ1v) is 11.1. The minimum Gasteiger partial charge on any atom is -0.469 e. The first kappa shape index (κ1) is 17.9. The van der Waals surface area contributed by atoms with Crippen LogP contribution >= 0.6 is 0 Å². The molecule has 4 fully saturated rings. The Bertz CT molecular complexity index is 514. The maximum atomic E-state index is 11.6. The highest BCUT2D eigenvalue weighted by Crippen LogP contribution is 2.67. The number of carbonyl (C=O) groups excluding carboxylic acids is 1. The number of esters is 1. The second-order valence-electron chi connectivity index (χ2n) is 10.3. The van der Waals surface area contributed by atoms with Crippen molar-refractivity contribution in [2.24, 2.45) is 40.4 Å². The third kappa shape index (κ3) is 2.77. The van der Waals surface area contributed by atoms with Gasteiger partial charge in [-0.3, -0.25) is 4.79 Å². The molecule has 4 rings (SSSR count). The van der Waals surface area contributed by atoms with Crippen molar-refractivity contribution in [1.29, 1.82) is 0 Å². The number of methoxy groups -OCH3 is 1. The molecule has 0 N–H and O–H groups in total. The Balaban J connectivity index is 1.50. The van der Waals surface area contributed by atoms with Crippen molar-refractivity contribution in [1.82, 2.24) is 0 Å². The fourth-order valence-electron chi connectivity index (χ4n) is 8.27. The molecule has 0 aromatic carbocycles. The minimum absolute atomic E-state index is 0.0176. The van der Waals surface area contributed by atoms with Crippen LogP contribution < -0.4 is 0 Å². The van der Waals surface area contributed by atoms with E-state index >= 15 is 0 Å². The molecule has 4 saturated carbocycles. The molecule has 142 valence electrons. The highest BCUT2D eigenvalue weighted by molar-refractivity contribution is 5.69. The molecular weight excluding hydrogens is 308 g/mol. The van der Waals surface area contributed by atoms with Crippen LogP contribution in [0.1, 0.15) is 90.9 Å². The van der Waals surface area contributed by atoms with Crippen molar-refractivity contribution >= 4 is 5.97 Å². The number of hydrogen-bond acceptors (Lipinski definition) is 2. The van der Waals surface area contributed by atoms with Crippen LogP contribution in [0.2, 0.25) is 0 Å². The Labute approximate surface area is 154 Å². The van der Waals surface area contributed by atoms with E-state index in [-0.39, 0.29) is 5.97 Å². The second kappa shape index (κ2) is 6.57. The molecule has 0 aliphatic heterocycles. The van der Waals surface area contributed by atoms with Crippen molar-refractivity contribution in [3.63, 3.8) is 0 Å². The largest absolute Gasteiger partial charge is 0.469 e. The molecule has 2 heteroatoms. The number of rotatable bonds is 3. The van der Waals surface area contributed by atoms with Crippen LogP contribution in [0.25, 0.3) is 0 Å². The topological polar surface area (TPSA) is 26.3 Å². The summed E-state index contributed by atoms with van der Waals surface area (Å²) in [5.74, 6) is 4.63. The smallest absolute Gasteiger partial charge is 0.305 e. The molecule has 0 amide bonds. The number of hydrogen-bond donors (Lipinski definition) is 0. The van der Waals surface area contributed by atoms with E-state index in [4.69, 9.17) is 4.74 Å². The normalized spacial score (nSPS) is 49.0. The van der Waals surface area contributed by atoms with Crippen molar-refractivity contribution in [2.45, 2.75) is 90.9 Å². The lowest BCUT2D eigenvalue weighted by molar-refractivity contribution is -0.141. The van der Waals surface area contributed by atoms with Gasteiger partial charge >= 0.3 is 5.97 Å². The van der Waals surface area contributed by atoms with E-state index in [1.807, 2.05) is 0 Å². The van der Waals surface area contributed by atoms with Gasteiger partial charge in [-0.1, -0.05) is 26.7 Å². The number of fused-ring (bicyclic) bond motifs is 5. The number of carbonyl (C=O) groups is 1. The van der Waals surface area contributed by atoms with Gasteiger partial charge in [-0.2, -0.15) is 0 Å². The van der Waals surface area contributed by atoms with Crippen molar-refractivity contribution in [3.8, 4) is 0 Å². The van der Waals surface area contributed by atoms with E-state index in [1.165, 1.54) is 71.3 Å². The van der Waals surface area contributed by atoms with Gasteiger partial charge in [-0.15, -0.1) is 0 Å². The lowest BCUT2D eigenvalue weighted by atomic mass is 9.45. The molecule has 0 aromatic rings. The predicted octanol–water partition coefficient (Wildman–Crippen LogP) is 5.99. The lowest BCUT2D eigenvalue weighted by Crippen LogP contribution is -2.52. The molecule has 0 radical (unpaired) electrons. The monoisotopic (exact) mass is 346 g/mol. The molecule has 25 heavy (non-hydrogen) atoms. The predicted molar refractivity (Wildman–Crippen MR) is 101 cm³/mol. The summed E-state index contributed by atoms with van der Waals surface area (Å²) in [6, 6.07) is 0. The summed E-state index contributed by atoms with van der Waals surface area (Å²) < 4.78 is 4.90. The van der Waals surface area contributed by atoms with E-state index in [1.54, 1.807) is 0 Å². The molecular formula is C23H38O2. The molecule has 0 heterocycles. The minimum atomic E-state index is -0.0176. The van der Waals surface area contributed by atoms with E-state index in [0.29, 0.717) is 17.3 Å². The zero-order chi connectivity index (χ0) is 17.7. The third-order valence-electron chi connectivity index (χ3n) is 9.70. The summed E-state index contributed by atoms with van der Waals surface area (Å²) in [5, 5.41) is 0. The zero-order valence-corrected chi connectivity index (χ0v) is 16.7. The number of ether oxygens (including phenoxy) is 1. The van der Waals surface area contributed by atoms with Crippen LogP contribution in [0.4, 0.5) is 0 Å².